The molecule has 1 N–H and O–H groups in total. The van der Waals surface area contributed by atoms with Gasteiger partial charge in [-0.2, -0.15) is 0 Å². The topological polar surface area (TPSA) is 46.5 Å². The van der Waals surface area contributed by atoms with E-state index in [-0.39, 0.29) is 5.92 Å². The molecular weight excluding hydrogens is 348 g/mol. The average molecular weight is 375 g/mol. The SMILES string of the molecule is CCC(CCCCCc1ccc(OCc2ccc(Cl)cc2)cc1)C(=O)O. The van der Waals surface area contributed by atoms with Gasteiger partial charge >= 0.3 is 5.97 Å². The summed E-state index contributed by atoms with van der Waals surface area (Å²) in [5, 5.41) is 9.77. The monoisotopic (exact) mass is 374 g/mol. The first-order valence-corrected chi connectivity index (χ1v) is 9.65. The minimum atomic E-state index is -0.665. The number of rotatable bonds is 11. The highest BCUT2D eigenvalue weighted by atomic mass is 35.5. The van der Waals surface area contributed by atoms with Crippen molar-refractivity contribution in [3.8, 4) is 5.75 Å². The summed E-state index contributed by atoms with van der Waals surface area (Å²) in [7, 11) is 0. The highest BCUT2D eigenvalue weighted by Gasteiger charge is 2.13. The van der Waals surface area contributed by atoms with Crippen LogP contribution >= 0.6 is 11.6 Å². The molecular formula is C22H27ClO3. The van der Waals surface area contributed by atoms with Gasteiger partial charge in [-0.25, -0.2) is 0 Å². The first kappa shape index (κ1) is 20.3. The maximum absolute atomic E-state index is 11.0. The van der Waals surface area contributed by atoms with E-state index < -0.39 is 5.97 Å². The van der Waals surface area contributed by atoms with Gasteiger partial charge in [0.2, 0.25) is 0 Å². The zero-order chi connectivity index (χ0) is 18.8. The molecule has 0 bridgehead atoms. The van der Waals surface area contributed by atoms with Crippen LogP contribution in [0.2, 0.25) is 5.02 Å². The summed E-state index contributed by atoms with van der Waals surface area (Å²) < 4.78 is 5.79. The van der Waals surface area contributed by atoms with Gasteiger partial charge in [0.15, 0.2) is 0 Å². The second kappa shape index (κ2) is 10.9. The van der Waals surface area contributed by atoms with Crippen LogP contribution in [0.1, 0.15) is 50.2 Å². The Bertz CT molecular complexity index is 665. The summed E-state index contributed by atoms with van der Waals surface area (Å²) in [6.45, 7) is 2.47. The Morgan fingerprint density at radius 1 is 1.00 bits per heavy atom. The normalized spacial score (nSPS) is 11.9. The Morgan fingerprint density at radius 3 is 2.27 bits per heavy atom. The third-order valence-electron chi connectivity index (χ3n) is 4.60. The number of benzene rings is 2. The van der Waals surface area contributed by atoms with E-state index >= 15 is 0 Å². The van der Waals surface area contributed by atoms with Crippen molar-refractivity contribution >= 4 is 17.6 Å². The van der Waals surface area contributed by atoms with Crippen molar-refractivity contribution in [2.75, 3.05) is 0 Å². The number of carboxylic acid groups (broad SMARTS) is 1. The summed E-state index contributed by atoms with van der Waals surface area (Å²) in [5.74, 6) is 0.00436. The summed E-state index contributed by atoms with van der Waals surface area (Å²) in [4.78, 5) is 11.0. The van der Waals surface area contributed by atoms with Crippen LogP contribution in [-0.2, 0) is 17.8 Å². The number of aryl methyl sites for hydroxylation is 1. The van der Waals surface area contributed by atoms with E-state index in [1.165, 1.54) is 5.56 Å². The molecule has 0 aliphatic heterocycles. The van der Waals surface area contributed by atoms with Gasteiger partial charge in [0.05, 0.1) is 5.92 Å². The van der Waals surface area contributed by atoms with Gasteiger partial charge in [-0.15, -0.1) is 0 Å². The number of ether oxygens (including phenoxy) is 1. The number of hydrogen-bond donors (Lipinski definition) is 1. The third-order valence-corrected chi connectivity index (χ3v) is 4.85. The Morgan fingerprint density at radius 2 is 1.65 bits per heavy atom. The van der Waals surface area contributed by atoms with E-state index in [0.29, 0.717) is 13.0 Å². The first-order valence-electron chi connectivity index (χ1n) is 9.27. The second-order valence-electron chi connectivity index (χ2n) is 6.60. The molecule has 0 aliphatic rings. The zero-order valence-corrected chi connectivity index (χ0v) is 16.0. The highest BCUT2D eigenvalue weighted by Crippen LogP contribution is 2.18. The van der Waals surface area contributed by atoms with E-state index in [1.807, 2.05) is 43.3 Å². The van der Waals surface area contributed by atoms with E-state index in [2.05, 4.69) is 12.1 Å². The minimum absolute atomic E-state index is 0.188. The van der Waals surface area contributed by atoms with Crippen LogP contribution in [0.4, 0.5) is 0 Å². The smallest absolute Gasteiger partial charge is 0.306 e. The van der Waals surface area contributed by atoms with Crippen LogP contribution in [0, 0.1) is 5.92 Å². The van der Waals surface area contributed by atoms with E-state index in [9.17, 15) is 4.79 Å². The lowest BCUT2D eigenvalue weighted by atomic mass is 9.98. The minimum Gasteiger partial charge on any atom is -0.489 e. The van der Waals surface area contributed by atoms with Gasteiger partial charge in [0.25, 0.3) is 0 Å². The van der Waals surface area contributed by atoms with Crippen molar-refractivity contribution < 1.29 is 14.6 Å². The van der Waals surface area contributed by atoms with Gasteiger partial charge in [0, 0.05) is 5.02 Å². The lowest BCUT2D eigenvalue weighted by molar-refractivity contribution is -0.142. The third kappa shape index (κ3) is 7.09. The van der Waals surface area contributed by atoms with Crippen molar-refractivity contribution in [2.24, 2.45) is 5.92 Å². The summed E-state index contributed by atoms with van der Waals surface area (Å²) in [6, 6.07) is 15.9. The molecule has 140 valence electrons. The zero-order valence-electron chi connectivity index (χ0n) is 15.3. The molecule has 1 atom stereocenters. The molecule has 0 fully saturated rings. The lowest BCUT2D eigenvalue weighted by Crippen LogP contribution is -2.12. The second-order valence-corrected chi connectivity index (χ2v) is 7.04. The molecule has 0 spiro atoms. The Balaban J connectivity index is 1.67. The van der Waals surface area contributed by atoms with Gasteiger partial charge in [0.1, 0.15) is 12.4 Å². The van der Waals surface area contributed by atoms with Gasteiger partial charge < -0.3 is 9.84 Å². The molecule has 4 heteroatoms. The summed E-state index contributed by atoms with van der Waals surface area (Å²) in [6.07, 6.45) is 5.64. The van der Waals surface area contributed by atoms with Crippen LogP contribution in [0.3, 0.4) is 0 Å². The van der Waals surface area contributed by atoms with Crippen molar-refractivity contribution in [1.82, 2.24) is 0 Å². The first-order chi connectivity index (χ1) is 12.6. The quantitative estimate of drug-likeness (QED) is 0.481. The molecule has 0 aliphatic carbocycles. The van der Waals surface area contributed by atoms with Crippen LogP contribution < -0.4 is 4.74 Å². The number of unbranched alkanes of at least 4 members (excludes halogenated alkanes) is 2. The number of hydrogen-bond acceptors (Lipinski definition) is 2. The van der Waals surface area contributed by atoms with E-state index in [4.69, 9.17) is 21.4 Å². The fourth-order valence-electron chi connectivity index (χ4n) is 2.90. The largest absolute Gasteiger partial charge is 0.489 e. The highest BCUT2D eigenvalue weighted by molar-refractivity contribution is 6.30. The maximum atomic E-state index is 11.0. The molecule has 0 radical (unpaired) electrons. The summed E-state index contributed by atoms with van der Waals surface area (Å²) >= 11 is 5.88. The molecule has 0 saturated carbocycles. The molecule has 0 aromatic heterocycles. The summed E-state index contributed by atoms with van der Waals surface area (Å²) in [5.41, 5.74) is 2.37. The van der Waals surface area contributed by atoms with Crippen molar-refractivity contribution in [3.05, 3.63) is 64.7 Å². The molecule has 3 nitrogen and oxygen atoms in total. The molecule has 1 unspecified atom stereocenters. The molecule has 2 aromatic rings. The number of halogens is 1. The van der Waals surface area contributed by atoms with Gasteiger partial charge in [-0.1, -0.05) is 55.6 Å². The van der Waals surface area contributed by atoms with E-state index in [1.54, 1.807) is 0 Å². The van der Waals surface area contributed by atoms with Crippen LogP contribution in [0.15, 0.2) is 48.5 Å². The lowest BCUT2D eigenvalue weighted by Gasteiger charge is -2.09. The Kier molecular flexibility index (Phi) is 8.49. The van der Waals surface area contributed by atoms with Crippen molar-refractivity contribution in [1.29, 1.82) is 0 Å². The molecule has 0 amide bonds. The molecule has 26 heavy (non-hydrogen) atoms. The van der Waals surface area contributed by atoms with Crippen LogP contribution in [0.25, 0.3) is 0 Å². The molecule has 0 saturated heterocycles. The molecule has 0 heterocycles. The number of carbonyl (C=O) groups is 1. The van der Waals surface area contributed by atoms with E-state index in [0.717, 1.165) is 48.4 Å². The molecule has 2 aromatic carbocycles. The Hall–Kier alpha value is -2.00. The predicted octanol–water partition coefficient (Wildman–Crippen LogP) is 6.13. The van der Waals surface area contributed by atoms with Crippen LogP contribution in [0.5, 0.6) is 5.75 Å². The Labute approximate surface area is 161 Å². The van der Waals surface area contributed by atoms with Crippen molar-refractivity contribution in [3.63, 3.8) is 0 Å². The number of aliphatic carboxylic acids is 1. The van der Waals surface area contributed by atoms with Gasteiger partial charge in [-0.05, 0) is 61.1 Å². The van der Waals surface area contributed by atoms with Crippen LogP contribution in [-0.4, -0.2) is 11.1 Å². The fraction of sp³-hybridized carbons (Fsp3) is 0.409. The van der Waals surface area contributed by atoms with Crippen molar-refractivity contribution in [2.45, 2.75) is 52.1 Å². The number of carboxylic acids is 1. The fourth-order valence-corrected chi connectivity index (χ4v) is 3.02. The molecule has 2 rings (SSSR count). The standard InChI is InChI=1S/C22H27ClO3/c1-2-19(22(24)25)7-5-3-4-6-17-10-14-21(15-11-17)26-16-18-8-12-20(23)13-9-18/h8-15,19H,2-7,16H2,1H3,(H,24,25). The van der Waals surface area contributed by atoms with Gasteiger partial charge in [-0.3, -0.25) is 4.79 Å². The predicted molar refractivity (Wildman–Crippen MR) is 106 cm³/mol. The maximum Gasteiger partial charge on any atom is 0.306 e. The average Bonchev–Trinajstić information content (AvgIpc) is 2.65.